The van der Waals surface area contributed by atoms with Gasteiger partial charge in [0.2, 0.25) is 0 Å². The van der Waals surface area contributed by atoms with Gasteiger partial charge in [0.1, 0.15) is 11.9 Å². The SMILES string of the molecule is CC(OC(=O)Nc1c(C23CCC(c4ccc(C5(C(=O)O)CC5)cc4)(CC2)CC3)cnn1C)c1ccccc1Cl. The summed E-state index contributed by atoms with van der Waals surface area (Å²) in [6.07, 6.45) is 8.54. The number of aliphatic carboxylic acids is 1. The Morgan fingerprint density at radius 1 is 0.949 bits per heavy atom. The number of ether oxygens (including phenoxy) is 1. The van der Waals surface area contributed by atoms with Gasteiger partial charge >= 0.3 is 12.1 Å². The summed E-state index contributed by atoms with van der Waals surface area (Å²) in [6.45, 7) is 1.81. The average molecular weight is 548 g/mol. The van der Waals surface area contributed by atoms with Crippen LogP contribution >= 0.6 is 11.6 Å². The normalized spacial score (nSPS) is 25.6. The van der Waals surface area contributed by atoms with Gasteiger partial charge in [-0.05, 0) is 80.9 Å². The lowest BCUT2D eigenvalue weighted by Crippen LogP contribution is -2.46. The molecule has 4 aliphatic rings. The number of benzene rings is 2. The second kappa shape index (κ2) is 9.40. The van der Waals surface area contributed by atoms with Crippen molar-refractivity contribution in [3.05, 3.63) is 82.0 Å². The van der Waals surface area contributed by atoms with Gasteiger partial charge in [-0.3, -0.25) is 14.8 Å². The lowest BCUT2D eigenvalue weighted by atomic mass is 9.50. The fourth-order valence-electron chi connectivity index (χ4n) is 7.05. The third kappa shape index (κ3) is 4.31. The first kappa shape index (κ1) is 25.9. The fraction of sp³-hybridized carbons (Fsp3) is 0.452. The molecule has 3 aromatic rings. The van der Waals surface area contributed by atoms with Gasteiger partial charge in [-0.15, -0.1) is 0 Å². The largest absolute Gasteiger partial charge is 0.481 e. The Labute approximate surface area is 233 Å². The molecule has 2 bridgehead atoms. The maximum absolute atomic E-state index is 12.9. The molecule has 7 nitrogen and oxygen atoms in total. The van der Waals surface area contributed by atoms with Crippen LogP contribution < -0.4 is 5.32 Å². The molecule has 4 saturated carbocycles. The van der Waals surface area contributed by atoms with E-state index in [1.807, 2.05) is 50.5 Å². The Kier molecular flexibility index (Phi) is 6.25. The summed E-state index contributed by atoms with van der Waals surface area (Å²) in [6, 6.07) is 15.8. The Hall–Kier alpha value is -3.32. The molecule has 1 atom stereocenters. The molecule has 0 saturated heterocycles. The number of aromatic nitrogens is 2. The first-order valence-corrected chi connectivity index (χ1v) is 14.1. The molecule has 8 heteroatoms. The minimum Gasteiger partial charge on any atom is -0.481 e. The first-order chi connectivity index (χ1) is 18.7. The number of fused-ring (bicyclic) bond motifs is 3. The highest BCUT2D eigenvalue weighted by atomic mass is 35.5. The Balaban J connectivity index is 1.16. The number of amides is 1. The van der Waals surface area contributed by atoms with Gasteiger partial charge in [0.15, 0.2) is 0 Å². The van der Waals surface area contributed by atoms with Gasteiger partial charge in [-0.1, -0.05) is 54.1 Å². The van der Waals surface area contributed by atoms with Crippen LogP contribution in [0.25, 0.3) is 0 Å². The van der Waals surface area contributed by atoms with Crippen LogP contribution in [0, 0.1) is 0 Å². The van der Waals surface area contributed by atoms with Crippen molar-refractivity contribution in [2.24, 2.45) is 7.05 Å². The first-order valence-electron chi connectivity index (χ1n) is 13.8. The summed E-state index contributed by atoms with van der Waals surface area (Å²) in [5, 5.41) is 17.7. The standard InChI is InChI=1S/C31H34ClN3O4/c1-20(23-5-3-4-6-25(23)32)39-28(38)34-26-24(19-33-35(26)2)30-14-11-29(12-15-30,13-16-30)21-7-9-22(10-8-21)31(17-18-31)27(36)37/h3-10,19-20H,11-18H2,1-2H3,(H,34,38)(H,36,37). The Bertz CT molecular complexity index is 1400. The number of rotatable bonds is 7. The molecular weight excluding hydrogens is 514 g/mol. The van der Waals surface area contributed by atoms with Gasteiger partial charge in [0.25, 0.3) is 0 Å². The number of nitrogens with zero attached hydrogens (tertiary/aromatic N) is 2. The number of carboxylic acids is 1. The molecule has 1 amide bonds. The summed E-state index contributed by atoms with van der Waals surface area (Å²) >= 11 is 6.29. The summed E-state index contributed by atoms with van der Waals surface area (Å²) in [7, 11) is 1.84. The molecule has 7 rings (SSSR count). The van der Waals surface area contributed by atoms with Crippen LogP contribution in [0.5, 0.6) is 0 Å². The molecule has 39 heavy (non-hydrogen) atoms. The van der Waals surface area contributed by atoms with Crippen molar-refractivity contribution in [2.45, 2.75) is 80.6 Å². The maximum atomic E-state index is 12.9. The van der Waals surface area contributed by atoms with Crippen LogP contribution in [0.3, 0.4) is 0 Å². The van der Waals surface area contributed by atoms with Crippen molar-refractivity contribution in [3.8, 4) is 0 Å². The van der Waals surface area contributed by atoms with Crippen LogP contribution in [0.2, 0.25) is 5.02 Å². The van der Waals surface area contributed by atoms with Crippen LogP contribution in [-0.4, -0.2) is 26.9 Å². The van der Waals surface area contributed by atoms with Gasteiger partial charge in [-0.2, -0.15) is 5.10 Å². The molecule has 2 aromatic carbocycles. The van der Waals surface area contributed by atoms with Crippen molar-refractivity contribution >= 4 is 29.5 Å². The van der Waals surface area contributed by atoms with Gasteiger partial charge < -0.3 is 9.84 Å². The van der Waals surface area contributed by atoms with E-state index < -0.39 is 23.6 Å². The monoisotopic (exact) mass is 547 g/mol. The average Bonchev–Trinajstić information content (AvgIpc) is 3.69. The van der Waals surface area contributed by atoms with Gasteiger partial charge in [0.05, 0.1) is 11.6 Å². The number of aryl methyl sites for hydroxylation is 1. The highest BCUT2D eigenvalue weighted by Crippen LogP contribution is 2.60. The summed E-state index contributed by atoms with van der Waals surface area (Å²) in [5.74, 6) is -0.0230. The van der Waals surface area contributed by atoms with E-state index in [4.69, 9.17) is 16.3 Å². The van der Waals surface area contributed by atoms with E-state index in [1.54, 1.807) is 10.7 Å². The van der Waals surface area contributed by atoms with E-state index in [0.717, 1.165) is 68.1 Å². The van der Waals surface area contributed by atoms with E-state index >= 15 is 0 Å². The van der Waals surface area contributed by atoms with E-state index in [1.165, 1.54) is 5.56 Å². The number of nitrogens with one attached hydrogen (secondary N) is 1. The summed E-state index contributed by atoms with van der Waals surface area (Å²) in [5.41, 5.74) is 3.51. The minimum atomic E-state index is -0.711. The molecule has 1 unspecified atom stereocenters. The molecule has 4 aliphatic carbocycles. The molecule has 0 spiro atoms. The number of carbonyl (C=O) groups is 2. The Morgan fingerprint density at radius 2 is 1.54 bits per heavy atom. The topological polar surface area (TPSA) is 93.4 Å². The molecule has 0 aliphatic heterocycles. The molecule has 2 N–H and O–H groups in total. The number of hydrogen-bond donors (Lipinski definition) is 2. The molecule has 1 aromatic heterocycles. The number of hydrogen-bond acceptors (Lipinski definition) is 4. The van der Waals surface area contributed by atoms with Crippen molar-refractivity contribution in [2.75, 3.05) is 5.32 Å². The van der Waals surface area contributed by atoms with E-state index in [9.17, 15) is 14.7 Å². The number of carboxylic acid groups (broad SMARTS) is 1. The van der Waals surface area contributed by atoms with E-state index in [2.05, 4.69) is 22.5 Å². The lowest BCUT2D eigenvalue weighted by Gasteiger charge is -2.54. The second-order valence-electron chi connectivity index (χ2n) is 11.7. The lowest BCUT2D eigenvalue weighted by molar-refractivity contribution is -0.140. The highest BCUT2D eigenvalue weighted by Gasteiger charge is 2.53. The van der Waals surface area contributed by atoms with Crippen LogP contribution in [0.1, 0.15) is 86.6 Å². The third-order valence-corrected chi connectivity index (χ3v) is 10.2. The van der Waals surface area contributed by atoms with Crippen LogP contribution in [0.4, 0.5) is 10.6 Å². The predicted molar refractivity (Wildman–Crippen MR) is 149 cm³/mol. The molecule has 204 valence electrons. The van der Waals surface area contributed by atoms with E-state index in [-0.39, 0.29) is 10.8 Å². The van der Waals surface area contributed by atoms with Crippen molar-refractivity contribution in [1.82, 2.24) is 9.78 Å². The second-order valence-corrected chi connectivity index (χ2v) is 12.2. The zero-order chi connectivity index (χ0) is 27.4. The highest BCUT2D eigenvalue weighted by molar-refractivity contribution is 6.31. The smallest absolute Gasteiger partial charge is 0.413 e. The van der Waals surface area contributed by atoms with Crippen LogP contribution in [0.15, 0.2) is 54.7 Å². The van der Waals surface area contributed by atoms with Gasteiger partial charge in [-0.25, -0.2) is 4.79 Å². The number of halogens is 1. The molecular formula is C31H34ClN3O4. The molecule has 1 heterocycles. The van der Waals surface area contributed by atoms with E-state index in [0.29, 0.717) is 10.8 Å². The predicted octanol–water partition coefficient (Wildman–Crippen LogP) is 7.04. The zero-order valence-corrected chi connectivity index (χ0v) is 23.1. The summed E-state index contributed by atoms with van der Waals surface area (Å²) < 4.78 is 7.40. The fourth-order valence-corrected chi connectivity index (χ4v) is 7.33. The number of anilines is 1. The minimum absolute atomic E-state index is 0.0334. The zero-order valence-electron chi connectivity index (χ0n) is 22.4. The Morgan fingerprint density at radius 3 is 2.13 bits per heavy atom. The van der Waals surface area contributed by atoms with Crippen molar-refractivity contribution < 1.29 is 19.4 Å². The quantitative estimate of drug-likeness (QED) is 0.331. The van der Waals surface area contributed by atoms with Gasteiger partial charge in [0, 0.05) is 28.6 Å². The molecule has 0 radical (unpaired) electrons. The number of carbonyl (C=O) groups excluding carboxylic acids is 1. The van der Waals surface area contributed by atoms with Crippen molar-refractivity contribution in [1.29, 1.82) is 0 Å². The summed E-state index contributed by atoms with van der Waals surface area (Å²) in [4.78, 5) is 24.7. The van der Waals surface area contributed by atoms with Crippen molar-refractivity contribution in [3.63, 3.8) is 0 Å². The third-order valence-electron chi connectivity index (χ3n) is 9.81. The molecule has 4 fully saturated rings. The maximum Gasteiger partial charge on any atom is 0.413 e. The van der Waals surface area contributed by atoms with Crippen LogP contribution in [-0.2, 0) is 32.8 Å².